The number of hydrogen-bond acceptors (Lipinski definition) is 2. The van der Waals surface area contributed by atoms with E-state index in [0.717, 1.165) is 33.7 Å². The maximum atomic E-state index is 9.68. The molecular weight excluding hydrogens is 356 g/mol. The van der Waals surface area contributed by atoms with Gasteiger partial charge in [0.25, 0.3) is 0 Å². The third-order valence-corrected chi connectivity index (χ3v) is 4.87. The lowest BCUT2D eigenvalue weighted by Gasteiger charge is -2.09. The first-order valence-corrected chi connectivity index (χ1v) is 8.96. The van der Waals surface area contributed by atoms with Crippen LogP contribution in [0.25, 0.3) is 28.4 Å². The summed E-state index contributed by atoms with van der Waals surface area (Å²) in [4.78, 5) is 7.76. The van der Waals surface area contributed by atoms with Crippen molar-refractivity contribution >= 4 is 34.3 Å². The molecule has 0 spiro atoms. The highest BCUT2D eigenvalue weighted by Gasteiger charge is 2.13. The van der Waals surface area contributed by atoms with Gasteiger partial charge in [0, 0.05) is 22.1 Å². The van der Waals surface area contributed by atoms with E-state index in [1.807, 2.05) is 68.5 Å². The quantitative estimate of drug-likeness (QED) is 0.470. The van der Waals surface area contributed by atoms with E-state index in [0.29, 0.717) is 16.4 Å². The number of fused-ring (bicyclic) bond motifs is 1. The van der Waals surface area contributed by atoms with Crippen LogP contribution in [-0.4, -0.2) is 14.5 Å². The van der Waals surface area contributed by atoms with Gasteiger partial charge in [-0.25, -0.2) is 4.98 Å². The van der Waals surface area contributed by atoms with Crippen LogP contribution in [0, 0.1) is 25.2 Å². The van der Waals surface area contributed by atoms with Gasteiger partial charge in [-0.05, 0) is 68.0 Å². The predicted molar refractivity (Wildman–Crippen MR) is 110 cm³/mol. The molecule has 0 atom stereocenters. The Labute approximate surface area is 162 Å². The minimum absolute atomic E-state index is 0.502. The second-order valence-corrected chi connectivity index (χ2v) is 6.85. The summed E-state index contributed by atoms with van der Waals surface area (Å²) in [6, 6.07) is 19.8. The Bertz CT molecular complexity index is 1170. The number of allylic oxidation sites excluding steroid dienone is 1. The fourth-order valence-corrected chi connectivity index (χ4v) is 3.44. The van der Waals surface area contributed by atoms with Crippen LogP contribution in [0.3, 0.4) is 0 Å². The van der Waals surface area contributed by atoms with Crippen molar-refractivity contribution in [2.45, 2.75) is 13.8 Å². The third-order valence-electron chi connectivity index (χ3n) is 4.62. The van der Waals surface area contributed by atoms with Crippen LogP contribution >= 0.6 is 11.6 Å². The van der Waals surface area contributed by atoms with E-state index < -0.39 is 0 Å². The van der Waals surface area contributed by atoms with Crippen LogP contribution in [0.4, 0.5) is 0 Å². The highest BCUT2D eigenvalue weighted by Crippen LogP contribution is 2.26. The maximum Gasteiger partial charge on any atom is 0.149 e. The van der Waals surface area contributed by atoms with E-state index in [-0.39, 0.29) is 0 Å². The van der Waals surface area contributed by atoms with E-state index in [4.69, 9.17) is 11.6 Å². The Morgan fingerprint density at radius 2 is 1.89 bits per heavy atom. The summed E-state index contributed by atoms with van der Waals surface area (Å²) < 4.78 is 2.15. The zero-order chi connectivity index (χ0) is 19.0. The van der Waals surface area contributed by atoms with Crippen molar-refractivity contribution in [3.8, 4) is 11.8 Å². The van der Waals surface area contributed by atoms with Crippen LogP contribution in [0.5, 0.6) is 0 Å². The van der Waals surface area contributed by atoms with Gasteiger partial charge in [-0.3, -0.25) is 0 Å². The zero-order valence-electron chi connectivity index (χ0n) is 15.0. The van der Waals surface area contributed by atoms with E-state index in [1.165, 1.54) is 0 Å². The zero-order valence-corrected chi connectivity index (χ0v) is 15.7. The van der Waals surface area contributed by atoms with Gasteiger partial charge < -0.3 is 9.55 Å². The summed E-state index contributed by atoms with van der Waals surface area (Å²) in [5.74, 6) is 0.579. The number of rotatable bonds is 3. The number of aromatic nitrogens is 3. The molecule has 5 heteroatoms. The first-order valence-electron chi connectivity index (χ1n) is 8.58. The van der Waals surface area contributed by atoms with Gasteiger partial charge in [0.05, 0.1) is 16.6 Å². The topological polar surface area (TPSA) is 57.4 Å². The first-order chi connectivity index (χ1) is 13.1. The monoisotopic (exact) mass is 372 g/mol. The molecule has 0 aliphatic heterocycles. The van der Waals surface area contributed by atoms with Crippen molar-refractivity contribution in [1.82, 2.24) is 14.5 Å². The summed E-state index contributed by atoms with van der Waals surface area (Å²) in [5, 5.41) is 10.4. The van der Waals surface area contributed by atoms with Gasteiger partial charge in [-0.15, -0.1) is 0 Å². The largest absolute Gasteiger partial charge is 0.337 e. The van der Waals surface area contributed by atoms with Crippen molar-refractivity contribution in [1.29, 1.82) is 5.26 Å². The van der Waals surface area contributed by atoms with Crippen molar-refractivity contribution in [2.75, 3.05) is 0 Å². The summed E-state index contributed by atoms with van der Waals surface area (Å²) in [6.45, 7) is 4.09. The molecule has 0 aliphatic carbocycles. The molecule has 2 aromatic carbocycles. The predicted octanol–water partition coefficient (Wildman–Crippen LogP) is 5.69. The van der Waals surface area contributed by atoms with Crippen LogP contribution in [0.15, 0.2) is 54.6 Å². The fourth-order valence-electron chi connectivity index (χ4n) is 3.31. The molecule has 0 fully saturated rings. The number of nitriles is 1. The Morgan fingerprint density at radius 3 is 2.59 bits per heavy atom. The van der Waals surface area contributed by atoms with Crippen LogP contribution in [0.1, 0.15) is 22.8 Å². The molecule has 2 heterocycles. The second kappa shape index (κ2) is 6.79. The van der Waals surface area contributed by atoms with E-state index in [2.05, 4.69) is 26.7 Å². The molecule has 0 aliphatic rings. The fraction of sp³-hybridized carbons (Fsp3) is 0.0909. The SMILES string of the molecule is Cc1cc(C=C(C#N)c2nc3ccccc3[nH]2)c(C)n1-c1ccc(Cl)cc1. The van der Waals surface area contributed by atoms with E-state index in [9.17, 15) is 5.26 Å². The Balaban J connectivity index is 1.79. The highest BCUT2D eigenvalue weighted by molar-refractivity contribution is 6.30. The average Bonchev–Trinajstić information content (AvgIpc) is 3.21. The highest BCUT2D eigenvalue weighted by atomic mass is 35.5. The van der Waals surface area contributed by atoms with Crippen LogP contribution in [-0.2, 0) is 0 Å². The lowest BCUT2D eigenvalue weighted by Crippen LogP contribution is -1.98. The minimum Gasteiger partial charge on any atom is -0.337 e. The molecule has 1 N–H and O–H groups in total. The number of halogens is 1. The number of benzene rings is 2. The molecule has 4 rings (SSSR count). The number of para-hydroxylation sites is 2. The molecule has 0 radical (unpaired) electrons. The van der Waals surface area contributed by atoms with Crippen LogP contribution in [0.2, 0.25) is 5.02 Å². The van der Waals surface area contributed by atoms with Gasteiger partial charge in [0.1, 0.15) is 11.9 Å². The average molecular weight is 373 g/mol. The van der Waals surface area contributed by atoms with Gasteiger partial charge in [-0.1, -0.05) is 23.7 Å². The maximum absolute atomic E-state index is 9.68. The normalized spacial score (nSPS) is 11.7. The van der Waals surface area contributed by atoms with Gasteiger partial charge in [0.15, 0.2) is 0 Å². The number of aryl methyl sites for hydroxylation is 1. The van der Waals surface area contributed by atoms with E-state index in [1.54, 1.807) is 0 Å². The minimum atomic E-state index is 0.502. The molecule has 0 saturated carbocycles. The second-order valence-electron chi connectivity index (χ2n) is 6.41. The van der Waals surface area contributed by atoms with Crippen molar-refractivity contribution < 1.29 is 0 Å². The number of aromatic amines is 1. The van der Waals surface area contributed by atoms with Gasteiger partial charge in [0.2, 0.25) is 0 Å². The number of nitrogens with zero attached hydrogens (tertiary/aromatic N) is 3. The lowest BCUT2D eigenvalue weighted by atomic mass is 10.1. The Morgan fingerprint density at radius 1 is 1.15 bits per heavy atom. The molecular formula is C22H17ClN4. The molecule has 2 aromatic heterocycles. The smallest absolute Gasteiger partial charge is 0.149 e. The first kappa shape index (κ1) is 17.1. The molecule has 27 heavy (non-hydrogen) atoms. The molecule has 4 aromatic rings. The summed E-state index contributed by atoms with van der Waals surface area (Å²) >= 11 is 6.01. The summed E-state index contributed by atoms with van der Waals surface area (Å²) in [6.07, 6.45) is 1.88. The number of H-pyrrole nitrogens is 1. The third kappa shape index (κ3) is 3.14. The van der Waals surface area contributed by atoms with Crippen molar-refractivity contribution in [3.63, 3.8) is 0 Å². The van der Waals surface area contributed by atoms with Gasteiger partial charge >= 0.3 is 0 Å². The molecule has 0 amide bonds. The van der Waals surface area contributed by atoms with Crippen LogP contribution < -0.4 is 0 Å². The standard InChI is InChI=1S/C22H17ClN4/c1-14-11-16(15(2)27(14)19-9-7-18(23)8-10-19)12-17(13-24)22-25-20-5-3-4-6-21(20)26-22/h3-12H,1-2H3,(H,25,26). The van der Waals surface area contributed by atoms with E-state index >= 15 is 0 Å². The molecule has 0 bridgehead atoms. The number of imidazole rings is 1. The Hall–Kier alpha value is -3.29. The molecule has 4 nitrogen and oxygen atoms in total. The Kier molecular flexibility index (Phi) is 4.31. The van der Waals surface area contributed by atoms with Crippen molar-refractivity contribution in [3.05, 3.63) is 82.4 Å². The molecule has 0 saturated heterocycles. The van der Waals surface area contributed by atoms with Gasteiger partial charge in [-0.2, -0.15) is 5.26 Å². The molecule has 132 valence electrons. The summed E-state index contributed by atoms with van der Waals surface area (Å²) in [5.41, 5.74) is 6.43. The number of hydrogen-bond donors (Lipinski definition) is 1. The lowest BCUT2D eigenvalue weighted by molar-refractivity contribution is 0.964. The summed E-state index contributed by atoms with van der Waals surface area (Å²) in [7, 11) is 0. The molecule has 0 unspecified atom stereocenters. The van der Waals surface area contributed by atoms with Crippen molar-refractivity contribution in [2.24, 2.45) is 0 Å². The number of nitrogens with one attached hydrogen (secondary N) is 1.